The number of hydrogen-bond donors (Lipinski definition) is 0. The molecule has 2 heterocycles. The number of carbonyl (C=O) groups is 3. The van der Waals surface area contributed by atoms with Crippen LogP contribution in [-0.2, 0) is 25.5 Å². The first-order valence-corrected chi connectivity index (χ1v) is 19.7. The lowest BCUT2D eigenvalue weighted by Gasteiger charge is -2.38. The monoisotopic (exact) mass is 792 g/mol. The Morgan fingerprint density at radius 1 is 0.964 bits per heavy atom. The van der Waals surface area contributed by atoms with E-state index in [1.165, 1.54) is 7.11 Å². The molecule has 1 atom stereocenters. The normalized spacial score (nSPS) is 18.4. The summed E-state index contributed by atoms with van der Waals surface area (Å²) in [6.07, 6.45) is 6.86. The maximum absolute atomic E-state index is 14.0. The van der Waals surface area contributed by atoms with E-state index in [0.717, 1.165) is 48.9 Å². The van der Waals surface area contributed by atoms with E-state index in [1.807, 2.05) is 78.1 Å². The second-order valence-corrected chi connectivity index (χ2v) is 16.4. The number of nitrogens with zero attached hydrogens (tertiary/aromatic N) is 6. The number of hydrogen-bond acceptors (Lipinski definition) is 11. The maximum atomic E-state index is 14.0. The van der Waals surface area contributed by atoms with Crippen molar-refractivity contribution in [3.63, 3.8) is 0 Å². The summed E-state index contributed by atoms with van der Waals surface area (Å²) in [6, 6.07) is 11.1. The second kappa shape index (κ2) is 18.5. The van der Waals surface area contributed by atoms with E-state index in [9.17, 15) is 14.4 Å². The molecular formula is C42H57ClN6O7. The fraction of sp³-hybridized carbons (Fsp3) is 0.548. The Morgan fingerprint density at radius 3 is 2.25 bits per heavy atom. The topological polar surface area (TPSA) is 127 Å². The van der Waals surface area contributed by atoms with Crippen molar-refractivity contribution in [2.45, 2.75) is 90.5 Å². The van der Waals surface area contributed by atoms with E-state index in [2.05, 4.69) is 9.80 Å². The minimum Gasteiger partial charge on any atom is -0.493 e. The van der Waals surface area contributed by atoms with Crippen LogP contribution in [0.5, 0.6) is 11.5 Å². The summed E-state index contributed by atoms with van der Waals surface area (Å²) in [5.41, 5.74) is 2.07. The highest BCUT2D eigenvalue weighted by Crippen LogP contribution is 2.43. The van der Waals surface area contributed by atoms with Crippen molar-refractivity contribution in [2.75, 3.05) is 64.3 Å². The van der Waals surface area contributed by atoms with Crippen LogP contribution in [0.2, 0.25) is 5.02 Å². The SMILES string of the molecule is COC(=O)CN(CCN(C)C(=O)OC(C)(C)C)[C@H]1CC[C@H](CN(C)c2cnc(N3C(=O)Cc4cc(OC)c(OC(C)C)cc4[C@@H]3c3ccc(Cl)cc3)cn2)CC1. The van der Waals surface area contributed by atoms with Crippen molar-refractivity contribution < 1.29 is 33.3 Å². The molecule has 0 radical (unpaired) electrons. The summed E-state index contributed by atoms with van der Waals surface area (Å²) >= 11 is 6.29. The van der Waals surface area contributed by atoms with Gasteiger partial charge in [-0.2, -0.15) is 0 Å². The number of halogens is 1. The minimum absolute atomic E-state index is 0.0755. The molecule has 0 unspecified atom stereocenters. The van der Waals surface area contributed by atoms with Crippen LogP contribution in [0, 0.1) is 5.92 Å². The highest BCUT2D eigenvalue weighted by Gasteiger charge is 2.37. The van der Waals surface area contributed by atoms with Gasteiger partial charge in [-0.25, -0.2) is 14.8 Å². The number of benzene rings is 2. The van der Waals surface area contributed by atoms with E-state index < -0.39 is 11.6 Å². The van der Waals surface area contributed by atoms with Gasteiger partial charge in [-0.1, -0.05) is 23.7 Å². The van der Waals surface area contributed by atoms with Gasteiger partial charge in [0, 0.05) is 44.8 Å². The zero-order valence-corrected chi connectivity index (χ0v) is 35.0. The number of methoxy groups -OCH3 is 2. The molecule has 0 N–H and O–H groups in total. The number of carbonyl (C=O) groups excluding carboxylic acids is 3. The number of ether oxygens (including phenoxy) is 4. The Labute approximate surface area is 336 Å². The third-order valence-corrected chi connectivity index (χ3v) is 10.5. The van der Waals surface area contributed by atoms with Crippen LogP contribution in [0.15, 0.2) is 48.8 Å². The van der Waals surface area contributed by atoms with Gasteiger partial charge in [0.2, 0.25) is 5.91 Å². The van der Waals surface area contributed by atoms with Crippen molar-refractivity contribution >= 4 is 41.2 Å². The fourth-order valence-corrected chi connectivity index (χ4v) is 7.56. The van der Waals surface area contributed by atoms with E-state index in [-0.39, 0.29) is 43.1 Å². The third-order valence-electron chi connectivity index (χ3n) is 10.3. The van der Waals surface area contributed by atoms with Crippen LogP contribution in [0.25, 0.3) is 0 Å². The van der Waals surface area contributed by atoms with Crippen LogP contribution in [0.3, 0.4) is 0 Å². The molecule has 1 aliphatic carbocycles. The number of amides is 2. The number of anilines is 2. The summed E-state index contributed by atoms with van der Waals surface area (Å²) in [5.74, 6) is 2.35. The van der Waals surface area contributed by atoms with Crippen molar-refractivity contribution in [1.82, 2.24) is 19.8 Å². The Bertz CT molecular complexity index is 1810. The fourth-order valence-electron chi connectivity index (χ4n) is 7.44. The van der Waals surface area contributed by atoms with Crippen molar-refractivity contribution in [3.05, 3.63) is 70.5 Å². The number of aromatic nitrogens is 2. The zero-order valence-electron chi connectivity index (χ0n) is 34.2. The van der Waals surface area contributed by atoms with Gasteiger partial charge in [0.25, 0.3) is 0 Å². The molecule has 2 aromatic carbocycles. The molecule has 3 aromatic rings. The molecule has 0 saturated heterocycles. The highest BCUT2D eigenvalue weighted by molar-refractivity contribution is 6.30. The van der Waals surface area contributed by atoms with Gasteiger partial charge in [-0.05, 0) is 107 Å². The summed E-state index contributed by atoms with van der Waals surface area (Å²) in [6.45, 7) is 11.4. The van der Waals surface area contributed by atoms with Crippen LogP contribution in [0.4, 0.5) is 16.4 Å². The molecule has 2 amide bonds. The Hall–Kier alpha value is -4.62. The minimum atomic E-state index is -0.583. The van der Waals surface area contributed by atoms with Crippen LogP contribution in [-0.4, -0.2) is 110 Å². The van der Waals surface area contributed by atoms with Crippen molar-refractivity contribution in [3.8, 4) is 11.5 Å². The number of esters is 1. The van der Waals surface area contributed by atoms with E-state index in [1.54, 1.807) is 36.4 Å². The van der Waals surface area contributed by atoms with E-state index in [4.69, 9.17) is 40.5 Å². The molecule has 14 heteroatoms. The highest BCUT2D eigenvalue weighted by atomic mass is 35.5. The van der Waals surface area contributed by atoms with E-state index >= 15 is 0 Å². The predicted octanol–water partition coefficient (Wildman–Crippen LogP) is 6.94. The average Bonchev–Trinajstić information content (AvgIpc) is 3.15. The van der Waals surface area contributed by atoms with Crippen molar-refractivity contribution in [1.29, 1.82) is 0 Å². The third kappa shape index (κ3) is 10.8. The Kier molecular flexibility index (Phi) is 14.1. The summed E-state index contributed by atoms with van der Waals surface area (Å²) in [7, 11) is 6.72. The largest absolute Gasteiger partial charge is 0.493 e. The van der Waals surface area contributed by atoms with Crippen molar-refractivity contribution in [2.24, 2.45) is 5.92 Å². The molecule has 1 saturated carbocycles. The first kappa shape index (κ1) is 42.5. The molecule has 0 bridgehead atoms. The molecule has 304 valence electrons. The van der Waals surface area contributed by atoms with Gasteiger partial charge in [0.05, 0.1) is 51.7 Å². The van der Waals surface area contributed by atoms with Gasteiger partial charge in [0.15, 0.2) is 17.3 Å². The smallest absolute Gasteiger partial charge is 0.410 e. The maximum Gasteiger partial charge on any atom is 0.410 e. The summed E-state index contributed by atoms with van der Waals surface area (Å²) in [5, 5.41) is 0.600. The first-order valence-electron chi connectivity index (χ1n) is 19.3. The number of fused-ring (bicyclic) bond motifs is 1. The van der Waals surface area contributed by atoms with Gasteiger partial charge in [-0.3, -0.25) is 19.4 Å². The molecule has 2 aliphatic rings. The Morgan fingerprint density at radius 2 is 1.66 bits per heavy atom. The molecule has 1 aliphatic heterocycles. The molecule has 1 aromatic heterocycles. The average molecular weight is 793 g/mol. The van der Waals surface area contributed by atoms with Gasteiger partial charge < -0.3 is 28.7 Å². The Balaban J connectivity index is 1.27. The van der Waals surface area contributed by atoms with Gasteiger partial charge in [0.1, 0.15) is 11.4 Å². The molecule has 1 fully saturated rings. The van der Waals surface area contributed by atoms with Gasteiger partial charge in [-0.15, -0.1) is 0 Å². The molecule has 5 rings (SSSR count). The molecular weight excluding hydrogens is 736 g/mol. The number of rotatable bonds is 14. The standard InChI is InChI=1S/C42H57ClN6O7/c1-27(2)55-35-22-33-30(20-34(35)53-8)21-38(50)49(40(33)29-12-14-31(43)15-13-29)37-24-44-36(23-45-37)47(7)25-28-10-16-32(17-11-28)48(26-39(51)54-9)19-18-46(6)41(52)56-42(3,4)5/h12-15,20,22-24,27-28,32,40H,10-11,16-19,21,25-26H2,1-9H3/t28-,32-,40-/m0/s1. The quantitative estimate of drug-likeness (QED) is 0.158. The van der Waals surface area contributed by atoms with Crippen LogP contribution >= 0.6 is 11.6 Å². The van der Waals surface area contributed by atoms with E-state index in [0.29, 0.717) is 47.2 Å². The van der Waals surface area contributed by atoms with Crippen LogP contribution < -0.4 is 19.3 Å². The molecule has 56 heavy (non-hydrogen) atoms. The van der Waals surface area contributed by atoms with Gasteiger partial charge >= 0.3 is 12.1 Å². The first-order chi connectivity index (χ1) is 26.6. The lowest BCUT2D eigenvalue weighted by Crippen LogP contribution is -2.46. The second-order valence-electron chi connectivity index (χ2n) is 16.0. The van der Waals surface area contributed by atoms with Crippen LogP contribution in [0.1, 0.15) is 83.0 Å². The number of likely N-dealkylation sites (N-methyl/N-ethyl adjacent to an activating group) is 1. The lowest BCUT2D eigenvalue weighted by atomic mass is 9.85. The molecule has 13 nitrogen and oxygen atoms in total. The summed E-state index contributed by atoms with van der Waals surface area (Å²) < 4.78 is 22.3. The predicted molar refractivity (Wildman–Crippen MR) is 217 cm³/mol. The summed E-state index contributed by atoms with van der Waals surface area (Å²) in [4.78, 5) is 55.9. The lowest BCUT2D eigenvalue weighted by molar-refractivity contribution is -0.142. The zero-order chi connectivity index (χ0) is 40.7. The molecule has 0 spiro atoms.